The fourth-order valence-corrected chi connectivity index (χ4v) is 1.80. The van der Waals surface area contributed by atoms with Gasteiger partial charge in [-0.05, 0) is 36.8 Å². The molecule has 0 aliphatic heterocycles. The number of hydrogen-bond acceptors (Lipinski definition) is 2. The van der Waals surface area contributed by atoms with Crippen LogP contribution < -0.4 is 5.56 Å². The first-order valence-corrected chi connectivity index (χ1v) is 5.53. The lowest BCUT2D eigenvalue weighted by atomic mass is 10.1. The van der Waals surface area contributed by atoms with E-state index in [1.54, 1.807) is 19.1 Å². The third-order valence-corrected chi connectivity index (χ3v) is 2.78. The summed E-state index contributed by atoms with van der Waals surface area (Å²) in [5.74, 6) is -0.274. The summed E-state index contributed by atoms with van der Waals surface area (Å²) in [6.45, 7) is 1.73. The lowest BCUT2D eigenvalue weighted by molar-refractivity contribution is 0.627. The molecule has 0 aliphatic carbocycles. The van der Waals surface area contributed by atoms with Crippen LogP contribution in [0.15, 0.2) is 29.1 Å². The maximum absolute atomic E-state index is 12.8. The lowest BCUT2D eigenvalue weighted by Gasteiger charge is -2.05. The van der Waals surface area contributed by atoms with Crippen LogP contribution in [-0.2, 0) is 6.42 Å². The summed E-state index contributed by atoms with van der Waals surface area (Å²) in [5.41, 5.74) is 2.09. The molecule has 1 heterocycles. The standard InChI is InChI=1S/C12H11FN2OS/c1-7-10(14-12(17)15-11(7)16)6-8-2-4-9(13)5-3-8/h2-5H,6H2,1H3,(H2,14,15,16,17). The van der Waals surface area contributed by atoms with Crippen molar-refractivity contribution in [2.45, 2.75) is 13.3 Å². The highest BCUT2D eigenvalue weighted by molar-refractivity contribution is 7.71. The van der Waals surface area contributed by atoms with Crippen molar-refractivity contribution in [3.8, 4) is 0 Å². The molecule has 1 aromatic carbocycles. The number of hydrogen-bond donors (Lipinski definition) is 2. The summed E-state index contributed by atoms with van der Waals surface area (Å²) in [6, 6.07) is 6.17. The number of aromatic nitrogens is 2. The van der Waals surface area contributed by atoms with E-state index in [1.807, 2.05) is 0 Å². The van der Waals surface area contributed by atoms with Gasteiger partial charge in [-0.3, -0.25) is 9.78 Å². The SMILES string of the molecule is Cc1c(Cc2ccc(F)cc2)[nH]c(=S)[nH]c1=O. The number of H-pyrrole nitrogens is 2. The van der Waals surface area contributed by atoms with E-state index in [0.29, 0.717) is 16.8 Å². The molecule has 5 heteroatoms. The van der Waals surface area contributed by atoms with E-state index >= 15 is 0 Å². The van der Waals surface area contributed by atoms with Gasteiger partial charge in [-0.25, -0.2) is 4.39 Å². The molecule has 0 radical (unpaired) electrons. The molecule has 3 nitrogen and oxygen atoms in total. The summed E-state index contributed by atoms with van der Waals surface area (Å²) >= 11 is 4.91. The van der Waals surface area contributed by atoms with E-state index in [1.165, 1.54) is 12.1 Å². The van der Waals surface area contributed by atoms with Gasteiger partial charge in [-0.15, -0.1) is 0 Å². The molecule has 0 unspecified atom stereocenters. The lowest BCUT2D eigenvalue weighted by Crippen LogP contribution is -2.15. The first-order valence-electron chi connectivity index (χ1n) is 5.13. The van der Waals surface area contributed by atoms with Crippen molar-refractivity contribution in [1.82, 2.24) is 9.97 Å². The number of aromatic amines is 2. The number of rotatable bonds is 2. The molecule has 2 N–H and O–H groups in total. The van der Waals surface area contributed by atoms with Crippen molar-refractivity contribution in [1.29, 1.82) is 0 Å². The maximum atomic E-state index is 12.8. The van der Waals surface area contributed by atoms with Gasteiger partial charge in [0.25, 0.3) is 5.56 Å². The van der Waals surface area contributed by atoms with E-state index < -0.39 is 0 Å². The van der Waals surface area contributed by atoms with Crippen LogP contribution in [0.2, 0.25) is 0 Å². The summed E-state index contributed by atoms with van der Waals surface area (Å²) in [4.78, 5) is 17.0. The molecule has 17 heavy (non-hydrogen) atoms. The zero-order valence-electron chi connectivity index (χ0n) is 9.21. The Morgan fingerprint density at radius 3 is 2.53 bits per heavy atom. The van der Waals surface area contributed by atoms with Crippen LogP contribution in [0.25, 0.3) is 0 Å². The Morgan fingerprint density at radius 2 is 1.88 bits per heavy atom. The molecule has 0 saturated heterocycles. The Morgan fingerprint density at radius 1 is 1.24 bits per heavy atom. The normalized spacial score (nSPS) is 10.5. The third-order valence-electron chi connectivity index (χ3n) is 2.58. The summed E-state index contributed by atoms with van der Waals surface area (Å²) < 4.78 is 13.1. The number of nitrogens with one attached hydrogen (secondary N) is 2. The third kappa shape index (κ3) is 2.68. The Bertz CT molecular complexity index is 643. The van der Waals surface area contributed by atoms with E-state index in [4.69, 9.17) is 12.2 Å². The minimum absolute atomic E-state index is 0.189. The van der Waals surface area contributed by atoms with Gasteiger partial charge in [-0.1, -0.05) is 12.1 Å². The first kappa shape index (κ1) is 11.7. The minimum atomic E-state index is -0.274. The van der Waals surface area contributed by atoms with Crippen molar-refractivity contribution >= 4 is 12.2 Å². The molecular formula is C12H11FN2OS. The van der Waals surface area contributed by atoms with Crippen LogP contribution in [0.3, 0.4) is 0 Å². The van der Waals surface area contributed by atoms with Gasteiger partial charge < -0.3 is 4.98 Å². The van der Waals surface area contributed by atoms with Crippen LogP contribution in [0.4, 0.5) is 4.39 Å². The monoisotopic (exact) mass is 250 g/mol. The molecular weight excluding hydrogens is 239 g/mol. The van der Waals surface area contributed by atoms with Gasteiger partial charge in [0.15, 0.2) is 4.77 Å². The van der Waals surface area contributed by atoms with Gasteiger partial charge >= 0.3 is 0 Å². The molecule has 0 saturated carbocycles. The van der Waals surface area contributed by atoms with Gasteiger partial charge in [0.1, 0.15) is 5.82 Å². The summed E-state index contributed by atoms with van der Waals surface area (Å²) in [5, 5.41) is 0. The molecule has 2 rings (SSSR count). The predicted octanol–water partition coefficient (Wildman–Crippen LogP) is 2.47. The van der Waals surface area contributed by atoms with Crippen molar-refractivity contribution in [3.05, 3.63) is 62.0 Å². The molecule has 0 aliphatic rings. The van der Waals surface area contributed by atoms with Crippen LogP contribution in [0, 0.1) is 17.5 Å². The quantitative estimate of drug-likeness (QED) is 0.804. The molecule has 0 bridgehead atoms. The van der Waals surface area contributed by atoms with E-state index in [0.717, 1.165) is 11.3 Å². The molecule has 88 valence electrons. The highest BCUT2D eigenvalue weighted by atomic mass is 32.1. The number of benzene rings is 1. The fourth-order valence-electron chi connectivity index (χ4n) is 1.58. The molecule has 0 amide bonds. The van der Waals surface area contributed by atoms with Crippen molar-refractivity contribution in [2.24, 2.45) is 0 Å². The Hall–Kier alpha value is -1.75. The molecule has 2 aromatic rings. The average Bonchev–Trinajstić information content (AvgIpc) is 2.28. The minimum Gasteiger partial charge on any atom is -0.335 e. The van der Waals surface area contributed by atoms with Crippen LogP contribution in [0.1, 0.15) is 16.8 Å². The van der Waals surface area contributed by atoms with E-state index in [-0.39, 0.29) is 11.4 Å². The highest BCUT2D eigenvalue weighted by Gasteiger charge is 2.04. The Balaban J connectivity index is 2.39. The smallest absolute Gasteiger partial charge is 0.254 e. The van der Waals surface area contributed by atoms with Crippen molar-refractivity contribution in [3.63, 3.8) is 0 Å². The molecule has 0 fully saturated rings. The summed E-state index contributed by atoms with van der Waals surface area (Å²) in [6.07, 6.45) is 0.527. The van der Waals surface area contributed by atoms with Crippen LogP contribution in [-0.4, -0.2) is 9.97 Å². The van der Waals surface area contributed by atoms with Crippen molar-refractivity contribution < 1.29 is 4.39 Å². The Kier molecular flexibility index (Phi) is 3.19. The van der Waals surface area contributed by atoms with Crippen molar-refractivity contribution in [2.75, 3.05) is 0 Å². The first-order chi connectivity index (χ1) is 8.06. The highest BCUT2D eigenvalue weighted by Crippen LogP contribution is 2.09. The predicted molar refractivity (Wildman–Crippen MR) is 66.2 cm³/mol. The zero-order chi connectivity index (χ0) is 12.4. The van der Waals surface area contributed by atoms with Gasteiger partial charge in [0.2, 0.25) is 0 Å². The molecule has 0 atom stereocenters. The van der Waals surface area contributed by atoms with Gasteiger partial charge in [0, 0.05) is 17.7 Å². The average molecular weight is 250 g/mol. The second-order valence-electron chi connectivity index (χ2n) is 3.82. The summed E-state index contributed by atoms with van der Waals surface area (Å²) in [7, 11) is 0. The van der Waals surface area contributed by atoms with Crippen LogP contribution >= 0.6 is 12.2 Å². The number of halogens is 1. The zero-order valence-corrected chi connectivity index (χ0v) is 10.0. The fraction of sp³-hybridized carbons (Fsp3) is 0.167. The Labute approximate surface area is 102 Å². The molecule has 0 spiro atoms. The van der Waals surface area contributed by atoms with Crippen LogP contribution in [0.5, 0.6) is 0 Å². The second kappa shape index (κ2) is 4.63. The largest absolute Gasteiger partial charge is 0.335 e. The second-order valence-corrected chi connectivity index (χ2v) is 4.22. The molecule has 1 aromatic heterocycles. The van der Waals surface area contributed by atoms with E-state index in [9.17, 15) is 9.18 Å². The maximum Gasteiger partial charge on any atom is 0.254 e. The van der Waals surface area contributed by atoms with Gasteiger partial charge in [0.05, 0.1) is 0 Å². The topological polar surface area (TPSA) is 48.6 Å². The van der Waals surface area contributed by atoms with E-state index in [2.05, 4.69) is 9.97 Å². The van der Waals surface area contributed by atoms with Gasteiger partial charge in [-0.2, -0.15) is 0 Å².